The van der Waals surface area contributed by atoms with Gasteiger partial charge in [-0.15, -0.1) is 0 Å². The smallest absolute Gasteiger partial charge is 0.270 e. The molecular formula is C18H18N4O2. The van der Waals surface area contributed by atoms with Gasteiger partial charge in [0.1, 0.15) is 23.6 Å². The number of rotatable bonds is 5. The van der Waals surface area contributed by atoms with Gasteiger partial charge in [-0.3, -0.25) is 4.79 Å². The Morgan fingerprint density at radius 2 is 2.04 bits per heavy atom. The Morgan fingerprint density at radius 1 is 1.17 bits per heavy atom. The van der Waals surface area contributed by atoms with Crippen LogP contribution < -0.4 is 10.6 Å². The number of aryl methyl sites for hydroxylation is 1. The molecule has 122 valence electrons. The van der Waals surface area contributed by atoms with Crippen LogP contribution in [0.4, 0.5) is 11.5 Å². The lowest BCUT2D eigenvalue weighted by molar-refractivity contribution is 0.0943. The maximum atomic E-state index is 12.2. The first kappa shape index (κ1) is 15.7. The summed E-state index contributed by atoms with van der Waals surface area (Å²) in [5.41, 5.74) is 3.57. The standard InChI is InChI=1S/C18H18N4O2/c1-12-5-3-7-15(13(12)2)22-17-9-16(20-11-21-17)18(23)19-10-14-6-4-8-24-14/h3-9,11H,10H2,1-2H3,(H,19,23)(H,20,21,22). The van der Waals surface area contributed by atoms with E-state index in [0.717, 1.165) is 11.3 Å². The van der Waals surface area contributed by atoms with Crippen molar-refractivity contribution in [3.8, 4) is 0 Å². The van der Waals surface area contributed by atoms with Crippen LogP contribution in [0.5, 0.6) is 0 Å². The summed E-state index contributed by atoms with van der Waals surface area (Å²) in [7, 11) is 0. The van der Waals surface area contributed by atoms with Gasteiger partial charge in [-0.05, 0) is 43.2 Å². The summed E-state index contributed by atoms with van der Waals surface area (Å²) < 4.78 is 5.19. The Bertz CT molecular complexity index is 844. The molecule has 24 heavy (non-hydrogen) atoms. The van der Waals surface area contributed by atoms with Crippen molar-refractivity contribution in [1.29, 1.82) is 0 Å². The molecule has 0 aliphatic rings. The van der Waals surface area contributed by atoms with E-state index in [-0.39, 0.29) is 5.91 Å². The average molecular weight is 322 g/mol. The van der Waals surface area contributed by atoms with Crippen LogP contribution in [0.15, 0.2) is 53.4 Å². The predicted octanol–water partition coefficient (Wildman–Crippen LogP) is 3.36. The number of hydrogen-bond donors (Lipinski definition) is 2. The van der Waals surface area contributed by atoms with Crippen LogP contribution in [0.3, 0.4) is 0 Å². The summed E-state index contributed by atoms with van der Waals surface area (Å²) in [5.74, 6) is 0.978. The number of hydrogen-bond acceptors (Lipinski definition) is 5. The fourth-order valence-corrected chi connectivity index (χ4v) is 2.25. The normalized spacial score (nSPS) is 10.4. The van der Waals surface area contributed by atoms with E-state index in [1.807, 2.05) is 32.0 Å². The molecule has 1 amide bonds. The van der Waals surface area contributed by atoms with Gasteiger partial charge in [-0.25, -0.2) is 9.97 Å². The predicted molar refractivity (Wildman–Crippen MR) is 91.1 cm³/mol. The summed E-state index contributed by atoms with van der Waals surface area (Å²) in [4.78, 5) is 20.4. The van der Waals surface area contributed by atoms with E-state index in [2.05, 4.69) is 20.6 Å². The quantitative estimate of drug-likeness (QED) is 0.753. The molecule has 3 rings (SSSR count). The molecule has 2 N–H and O–H groups in total. The molecule has 0 unspecified atom stereocenters. The minimum Gasteiger partial charge on any atom is -0.467 e. The zero-order valence-electron chi connectivity index (χ0n) is 13.5. The largest absolute Gasteiger partial charge is 0.467 e. The van der Waals surface area contributed by atoms with E-state index in [9.17, 15) is 4.79 Å². The first-order valence-electron chi connectivity index (χ1n) is 7.59. The highest BCUT2D eigenvalue weighted by Gasteiger charge is 2.10. The van der Waals surface area contributed by atoms with Gasteiger partial charge < -0.3 is 15.1 Å². The number of carbonyl (C=O) groups excluding carboxylic acids is 1. The molecule has 1 aromatic carbocycles. The van der Waals surface area contributed by atoms with E-state index < -0.39 is 0 Å². The molecule has 2 aromatic heterocycles. The van der Waals surface area contributed by atoms with Crippen molar-refractivity contribution in [3.05, 3.63) is 71.6 Å². The van der Waals surface area contributed by atoms with Crippen molar-refractivity contribution in [2.45, 2.75) is 20.4 Å². The fourth-order valence-electron chi connectivity index (χ4n) is 2.25. The molecule has 0 saturated carbocycles. The third kappa shape index (κ3) is 3.60. The molecule has 6 heteroatoms. The molecule has 0 radical (unpaired) electrons. The average Bonchev–Trinajstić information content (AvgIpc) is 3.11. The number of carbonyl (C=O) groups is 1. The maximum absolute atomic E-state index is 12.2. The van der Waals surface area contributed by atoms with Crippen molar-refractivity contribution in [1.82, 2.24) is 15.3 Å². The second kappa shape index (κ2) is 6.95. The fraction of sp³-hybridized carbons (Fsp3) is 0.167. The van der Waals surface area contributed by atoms with E-state index in [4.69, 9.17) is 4.42 Å². The molecule has 3 aromatic rings. The molecule has 0 fully saturated rings. The van der Waals surface area contributed by atoms with Crippen molar-refractivity contribution >= 4 is 17.4 Å². The SMILES string of the molecule is Cc1cccc(Nc2cc(C(=O)NCc3ccco3)ncn2)c1C. The van der Waals surface area contributed by atoms with E-state index in [1.54, 1.807) is 24.5 Å². The van der Waals surface area contributed by atoms with Gasteiger partial charge in [0.15, 0.2) is 0 Å². The topological polar surface area (TPSA) is 80.0 Å². The highest BCUT2D eigenvalue weighted by atomic mass is 16.3. The van der Waals surface area contributed by atoms with Crippen molar-refractivity contribution < 1.29 is 9.21 Å². The Morgan fingerprint density at radius 3 is 2.83 bits per heavy atom. The van der Waals surface area contributed by atoms with Crippen LogP contribution in [0.2, 0.25) is 0 Å². The van der Waals surface area contributed by atoms with Gasteiger partial charge >= 0.3 is 0 Å². The number of furan rings is 1. The summed E-state index contributed by atoms with van der Waals surface area (Å²) >= 11 is 0. The Labute approximate surface area is 140 Å². The maximum Gasteiger partial charge on any atom is 0.270 e. The minimum atomic E-state index is -0.280. The first-order valence-corrected chi connectivity index (χ1v) is 7.59. The van der Waals surface area contributed by atoms with Gasteiger partial charge in [0.2, 0.25) is 0 Å². The number of benzene rings is 1. The molecule has 0 saturated heterocycles. The minimum absolute atomic E-state index is 0.280. The Kier molecular flexibility index (Phi) is 4.56. The summed E-state index contributed by atoms with van der Waals surface area (Å²) in [5, 5.41) is 5.99. The van der Waals surface area contributed by atoms with Crippen LogP contribution in [0.25, 0.3) is 0 Å². The van der Waals surface area contributed by atoms with Crippen molar-refractivity contribution in [2.24, 2.45) is 0 Å². The van der Waals surface area contributed by atoms with Crippen molar-refractivity contribution in [2.75, 3.05) is 5.32 Å². The lowest BCUT2D eigenvalue weighted by Crippen LogP contribution is -2.23. The highest BCUT2D eigenvalue weighted by Crippen LogP contribution is 2.21. The lowest BCUT2D eigenvalue weighted by atomic mass is 10.1. The first-order chi connectivity index (χ1) is 11.6. The third-order valence-corrected chi connectivity index (χ3v) is 3.77. The zero-order chi connectivity index (χ0) is 16.9. The summed E-state index contributed by atoms with van der Waals surface area (Å²) in [6.45, 7) is 4.40. The van der Waals surface area contributed by atoms with Crippen LogP contribution in [0.1, 0.15) is 27.4 Å². The van der Waals surface area contributed by atoms with Crippen LogP contribution in [-0.4, -0.2) is 15.9 Å². The second-order valence-corrected chi connectivity index (χ2v) is 5.42. The van der Waals surface area contributed by atoms with E-state index in [1.165, 1.54) is 11.9 Å². The molecule has 6 nitrogen and oxygen atoms in total. The zero-order valence-corrected chi connectivity index (χ0v) is 13.5. The lowest BCUT2D eigenvalue weighted by Gasteiger charge is -2.11. The van der Waals surface area contributed by atoms with Crippen LogP contribution >= 0.6 is 0 Å². The highest BCUT2D eigenvalue weighted by molar-refractivity contribution is 5.92. The monoisotopic (exact) mass is 322 g/mol. The molecular weight excluding hydrogens is 304 g/mol. The molecule has 0 atom stereocenters. The van der Waals surface area contributed by atoms with E-state index >= 15 is 0 Å². The third-order valence-electron chi connectivity index (χ3n) is 3.77. The molecule has 0 aliphatic carbocycles. The molecule has 0 spiro atoms. The van der Waals surface area contributed by atoms with Gasteiger partial charge in [0.05, 0.1) is 12.8 Å². The summed E-state index contributed by atoms with van der Waals surface area (Å²) in [6.07, 6.45) is 2.94. The molecule has 0 aliphatic heterocycles. The number of nitrogens with zero attached hydrogens (tertiary/aromatic N) is 2. The van der Waals surface area contributed by atoms with Gasteiger partial charge in [-0.1, -0.05) is 12.1 Å². The van der Waals surface area contributed by atoms with Gasteiger partial charge in [0, 0.05) is 11.8 Å². The van der Waals surface area contributed by atoms with Gasteiger partial charge in [-0.2, -0.15) is 0 Å². The molecule has 0 bridgehead atoms. The number of anilines is 2. The number of aromatic nitrogens is 2. The second-order valence-electron chi connectivity index (χ2n) is 5.42. The van der Waals surface area contributed by atoms with Crippen molar-refractivity contribution in [3.63, 3.8) is 0 Å². The van der Waals surface area contributed by atoms with Gasteiger partial charge in [0.25, 0.3) is 5.91 Å². The molecule has 2 heterocycles. The summed E-state index contributed by atoms with van der Waals surface area (Å²) in [6, 6.07) is 11.2. The Hall–Kier alpha value is -3.15. The number of amides is 1. The van der Waals surface area contributed by atoms with Crippen LogP contribution in [0, 0.1) is 13.8 Å². The van der Waals surface area contributed by atoms with Crippen LogP contribution in [-0.2, 0) is 6.54 Å². The Balaban J connectivity index is 1.71. The number of nitrogens with one attached hydrogen (secondary N) is 2. The van der Waals surface area contributed by atoms with E-state index in [0.29, 0.717) is 23.8 Å².